The smallest absolute Gasteiger partial charge is 0.408 e. The second-order valence-electron chi connectivity index (χ2n) is 8.87. The third-order valence-electron chi connectivity index (χ3n) is 6.12. The monoisotopic (exact) mass is 522 g/mol. The van der Waals surface area contributed by atoms with Crippen LogP contribution in [0.15, 0.2) is 115 Å². The highest BCUT2D eigenvalue weighted by Gasteiger charge is 2.43. The lowest BCUT2D eigenvalue weighted by atomic mass is 10.0. The van der Waals surface area contributed by atoms with E-state index in [9.17, 15) is 14.4 Å². The largest absolute Gasteiger partial charge is 0.468 e. The Morgan fingerprint density at radius 1 is 0.795 bits per heavy atom. The number of esters is 1. The van der Waals surface area contributed by atoms with Gasteiger partial charge >= 0.3 is 12.1 Å². The molecule has 39 heavy (non-hydrogen) atoms. The number of hydrogen-bond donors (Lipinski definition) is 2. The van der Waals surface area contributed by atoms with Gasteiger partial charge in [-0.1, -0.05) is 97.1 Å². The summed E-state index contributed by atoms with van der Waals surface area (Å²) in [5.41, 5.74) is 2.79. The summed E-state index contributed by atoms with van der Waals surface area (Å²) < 4.78 is 17.0. The quantitative estimate of drug-likeness (QED) is 0.243. The topological polar surface area (TPSA) is 103 Å². The van der Waals surface area contributed by atoms with Gasteiger partial charge in [-0.3, -0.25) is 4.79 Å². The molecule has 2 N–H and O–H groups in total. The second kappa shape index (κ2) is 12.0. The van der Waals surface area contributed by atoms with Crippen molar-refractivity contribution in [3.63, 3.8) is 0 Å². The highest BCUT2D eigenvalue weighted by molar-refractivity contribution is 5.92. The van der Waals surface area contributed by atoms with E-state index >= 15 is 0 Å². The van der Waals surface area contributed by atoms with Gasteiger partial charge in [0.05, 0.1) is 5.56 Å². The van der Waals surface area contributed by atoms with Crippen LogP contribution in [0.2, 0.25) is 0 Å². The van der Waals surface area contributed by atoms with Crippen molar-refractivity contribution in [2.45, 2.75) is 25.0 Å². The molecule has 1 aliphatic heterocycles. The van der Waals surface area contributed by atoms with Crippen LogP contribution in [0.4, 0.5) is 4.79 Å². The second-order valence-corrected chi connectivity index (χ2v) is 8.87. The Kier molecular flexibility index (Phi) is 7.83. The van der Waals surface area contributed by atoms with Crippen molar-refractivity contribution in [1.29, 1.82) is 0 Å². The van der Waals surface area contributed by atoms with Crippen LogP contribution in [0.3, 0.4) is 0 Å². The standard InChI is InChI=1S/C31H26N2O6/c34-28-26(32-31(36)37-20-21-11-4-1-5-12-21)29(33-28)38-25-18-10-17-24(19-25)30(35)39-27(22-13-6-2-7-14-22)23-15-8-3-9-16-23/h1-19,26-27,29H,20H2,(H,32,36)(H,33,34)/t26-,29+/m1/s1. The number of benzene rings is 4. The molecular formula is C31H26N2O6. The van der Waals surface area contributed by atoms with Gasteiger partial charge in [0.2, 0.25) is 6.23 Å². The first-order chi connectivity index (χ1) is 19.1. The number of β-lactam (4-membered cyclic amide) rings is 1. The van der Waals surface area contributed by atoms with Gasteiger partial charge in [0.1, 0.15) is 12.4 Å². The predicted octanol–water partition coefficient (Wildman–Crippen LogP) is 4.76. The number of carbonyl (C=O) groups excluding carboxylic acids is 3. The number of ether oxygens (including phenoxy) is 3. The molecule has 4 aromatic carbocycles. The van der Waals surface area contributed by atoms with E-state index in [0.717, 1.165) is 16.7 Å². The number of nitrogens with one attached hydrogen (secondary N) is 2. The predicted molar refractivity (Wildman–Crippen MR) is 143 cm³/mol. The molecule has 0 aromatic heterocycles. The average molecular weight is 523 g/mol. The van der Waals surface area contributed by atoms with E-state index in [0.29, 0.717) is 5.75 Å². The zero-order valence-corrected chi connectivity index (χ0v) is 20.9. The van der Waals surface area contributed by atoms with Gasteiger partial charge in [0.25, 0.3) is 5.91 Å². The zero-order valence-electron chi connectivity index (χ0n) is 20.9. The van der Waals surface area contributed by atoms with Gasteiger partial charge in [0, 0.05) is 0 Å². The Morgan fingerprint density at radius 3 is 2.03 bits per heavy atom. The number of alkyl carbamates (subject to hydrolysis) is 1. The maximum atomic E-state index is 13.2. The summed E-state index contributed by atoms with van der Waals surface area (Å²) in [6.45, 7) is 0.0731. The fourth-order valence-electron chi connectivity index (χ4n) is 4.09. The Balaban J connectivity index is 1.22. The lowest BCUT2D eigenvalue weighted by Gasteiger charge is -2.36. The molecule has 0 aliphatic carbocycles. The van der Waals surface area contributed by atoms with Gasteiger partial charge in [-0.05, 0) is 34.9 Å². The van der Waals surface area contributed by atoms with Crippen molar-refractivity contribution >= 4 is 18.0 Å². The maximum Gasteiger partial charge on any atom is 0.408 e. The molecule has 0 spiro atoms. The van der Waals surface area contributed by atoms with E-state index in [1.54, 1.807) is 18.2 Å². The van der Waals surface area contributed by atoms with E-state index in [1.807, 2.05) is 91.0 Å². The molecule has 8 nitrogen and oxygen atoms in total. The minimum atomic E-state index is -0.940. The van der Waals surface area contributed by atoms with Gasteiger partial charge in [-0.2, -0.15) is 0 Å². The van der Waals surface area contributed by atoms with Crippen LogP contribution in [0.5, 0.6) is 5.75 Å². The SMILES string of the molecule is O=C(N[C@@H]1C(=O)N[C@H]1Oc1cccc(C(=O)OC(c2ccccc2)c2ccccc2)c1)OCc1ccccc1. The van der Waals surface area contributed by atoms with Crippen molar-refractivity contribution < 1.29 is 28.6 Å². The molecule has 5 rings (SSSR count). The van der Waals surface area contributed by atoms with Crippen molar-refractivity contribution in [3.8, 4) is 5.75 Å². The molecule has 1 aliphatic rings. The molecule has 196 valence electrons. The molecule has 1 heterocycles. The lowest BCUT2D eigenvalue weighted by Crippen LogP contribution is -2.71. The average Bonchev–Trinajstić information content (AvgIpc) is 2.99. The van der Waals surface area contributed by atoms with Crippen molar-refractivity contribution in [3.05, 3.63) is 138 Å². The third-order valence-corrected chi connectivity index (χ3v) is 6.12. The van der Waals surface area contributed by atoms with Crippen LogP contribution in [0.25, 0.3) is 0 Å². The van der Waals surface area contributed by atoms with Crippen molar-refractivity contribution in [1.82, 2.24) is 10.6 Å². The first kappa shape index (κ1) is 25.5. The Bertz CT molecular complexity index is 1390. The molecule has 0 unspecified atom stereocenters. The Morgan fingerprint density at radius 2 is 1.41 bits per heavy atom. The zero-order chi connectivity index (χ0) is 27.0. The van der Waals surface area contributed by atoms with Crippen LogP contribution in [0, 0.1) is 0 Å². The molecule has 4 aromatic rings. The number of rotatable bonds is 9. The van der Waals surface area contributed by atoms with E-state index in [1.165, 1.54) is 6.07 Å². The van der Waals surface area contributed by atoms with Gasteiger partial charge in [-0.25, -0.2) is 9.59 Å². The minimum Gasteiger partial charge on any atom is -0.468 e. The lowest BCUT2D eigenvalue weighted by molar-refractivity contribution is -0.139. The summed E-state index contributed by atoms with van der Waals surface area (Å²) in [6.07, 6.45) is -2.15. The molecule has 1 fully saturated rings. The van der Waals surface area contributed by atoms with E-state index in [2.05, 4.69) is 10.6 Å². The Labute approximate surface area is 225 Å². The summed E-state index contributed by atoms with van der Waals surface area (Å²) in [4.78, 5) is 37.4. The van der Waals surface area contributed by atoms with Crippen molar-refractivity contribution in [2.75, 3.05) is 0 Å². The van der Waals surface area contributed by atoms with Crippen LogP contribution in [-0.2, 0) is 20.9 Å². The highest BCUT2D eigenvalue weighted by atomic mass is 16.6. The minimum absolute atomic E-state index is 0.0731. The molecule has 0 saturated carbocycles. The van der Waals surface area contributed by atoms with Crippen molar-refractivity contribution in [2.24, 2.45) is 0 Å². The molecular weight excluding hydrogens is 496 g/mol. The Hall–Kier alpha value is -5.11. The third kappa shape index (κ3) is 6.42. The number of amides is 2. The fourth-order valence-corrected chi connectivity index (χ4v) is 4.09. The molecule has 1 saturated heterocycles. The summed E-state index contributed by atoms with van der Waals surface area (Å²) in [5.74, 6) is -0.606. The molecule has 0 bridgehead atoms. The number of hydrogen-bond acceptors (Lipinski definition) is 6. The van der Waals surface area contributed by atoms with Gasteiger partial charge in [-0.15, -0.1) is 0 Å². The summed E-state index contributed by atoms with van der Waals surface area (Å²) >= 11 is 0. The van der Waals surface area contributed by atoms with Crippen LogP contribution < -0.4 is 15.4 Å². The summed E-state index contributed by atoms with van der Waals surface area (Å²) in [6, 6.07) is 33.7. The number of carbonyl (C=O) groups is 3. The summed E-state index contributed by atoms with van der Waals surface area (Å²) in [5, 5.41) is 5.11. The molecule has 8 heteroatoms. The van der Waals surface area contributed by atoms with E-state index in [4.69, 9.17) is 14.2 Å². The maximum absolute atomic E-state index is 13.2. The molecule has 2 atom stereocenters. The highest BCUT2D eigenvalue weighted by Crippen LogP contribution is 2.28. The van der Waals surface area contributed by atoms with Crippen LogP contribution in [0.1, 0.15) is 33.2 Å². The summed E-state index contributed by atoms with van der Waals surface area (Å²) in [7, 11) is 0. The molecule has 2 amide bonds. The molecule has 0 radical (unpaired) electrons. The van der Waals surface area contributed by atoms with Crippen LogP contribution in [-0.4, -0.2) is 30.2 Å². The normalized spacial score (nSPS) is 16.0. The van der Waals surface area contributed by atoms with E-state index < -0.39 is 36.3 Å². The van der Waals surface area contributed by atoms with Gasteiger partial charge < -0.3 is 24.8 Å². The first-order valence-corrected chi connectivity index (χ1v) is 12.4. The van der Waals surface area contributed by atoms with Crippen LogP contribution >= 0.6 is 0 Å². The van der Waals surface area contributed by atoms with E-state index in [-0.39, 0.29) is 12.2 Å². The first-order valence-electron chi connectivity index (χ1n) is 12.4. The van der Waals surface area contributed by atoms with Gasteiger partial charge in [0.15, 0.2) is 12.1 Å². The fraction of sp³-hybridized carbons (Fsp3) is 0.129.